The van der Waals surface area contributed by atoms with Crippen molar-refractivity contribution in [2.45, 2.75) is 20.8 Å². The Balaban J connectivity index is 0.000000921. The summed E-state index contributed by atoms with van der Waals surface area (Å²) in [5, 5.41) is 10.4. The second-order valence-corrected chi connectivity index (χ2v) is 3.25. The van der Waals surface area contributed by atoms with Gasteiger partial charge in [0.25, 0.3) is 5.69 Å². The molecule has 0 radical (unpaired) electrons. The smallest absolute Gasteiger partial charge is 0.274 e. The number of nitrogens with zero attached hydrogens (tertiary/aromatic N) is 1. The monoisotopic (exact) mass is 275 g/mol. The number of non-ortho nitro benzene ring substituents is 1. The topological polar surface area (TPSA) is 52.4 Å². The highest BCUT2D eigenvalue weighted by Crippen LogP contribution is 2.25. The summed E-state index contributed by atoms with van der Waals surface area (Å²) >= 11 is 3.17. The van der Waals surface area contributed by atoms with E-state index in [9.17, 15) is 10.1 Å². The first-order valence-corrected chi connectivity index (χ1v) is 5.50. The standard InChI is InChI=1S/C8H8BrNO3.C2H6/c1-2-13-8-4-6(9)3-7(5-8)10(11)12;1-2/h3-5H,2H2,1H3;1-2H3. The van der Waals surface area contributed by atoms with Gasteiger partial charge in [-0.05, 0) is 13.0 Å². The Kier molecular flexibility index (Phi) is 6.70. The first-order valence-electron chi connectivity index (χ1n) is 4.71. The highest BCUT2D eigenvalue weighted by atomic mass is 79.9. The van der Waals surface area contributed by atoms with Gasteiger partial charge in [-0.2, -0.15) is 0 Å². The van der Waals surface area contributed by atoms with E-state index in [4.69, 9.17) is 4.74 Å². The number of nitro benzene ring substituents is 1. The minimum absolute atomic E-state index is 0.0258. The lowest BCUT2D eigenvalue weighted by Crippen LogP contribution is -1.93. The van der Waals surface area contributed by atoms with E-state index in [0.29, 0.717) is 16.8 Å². The molecule has 4 nitrogen and oxygen atoms in total. The molecule has 0 aliphatic rings. The van der Waals surface area contributed by atoms with E-state index in [0.717, 1.165) is 0 Å². The fourth-order valence-electron chi connectivity index (χ4n) is 0.903. The number of ether oxygens (including phenoxy) is 1. The van der Waals surface area contributed by atoms with E-state index >= 15 is 0 Å². The van der Waals surface area contributed by atoms with Crippen molar-refractivity contribution in [3.8, 4) is 5.75 Å². The first kappa shape index (κ1) is 13.9. The molecule has 0 bridgehead atoms. The molecule has 0 unspecified atom stereocenters. The van der Waals surface area contributed by atoms with Crippen molar-refractivity contribution < 1.29 is 9.66 Å². The quantitative estimate of drug-likeness (QED) is 0.623. The predicted molar refractivity (Wildman–Crippen MR) is 63.3 cm³/mol. The van der Waals surface area contributed by atoms with Crippen LogP contribution in [0.2, 0.25) is 0 Å². The van der Waals surface area contributed by atoms with E-state index in [2.05, 4.69) is 15.9 Å². The Bertz CT molecular complexity index is 328. The molecule has 1 aromatic rings. The summed E-state index contributed by atoms with van der Waals surface area (Å²) in [4.78, 5) is 9.99. The van der Waals surface area contributed by atoms with Gasteiger partial charge in [-0.15, -0.1) is 0 Å². The lowest BCUT2D eigenvalue weighted by molar-refractivity contribution is -0.385. The number of halogens is 1. The number of hydrogen-bond donors (Lipinski definition) is 0. The van der Waals surface area contributed by atoms with Crippen LogP contribution in [0.4, 0.5) is 5.69 Å². The number of hydrogen-bond acceptors (Lipinski definition) is 3. The molecule has 5 heteroatoms. The maximum absolute atomic E-state index is 10.4. The summed E-state index contributed by atoms with van der Waals surface area (Å²) in [7, 11) is 0. The molecule has 0 amide bonds. The summed E-state index contributed by atoms with van der Waals surface area (Å²) in [5.74, 6) is 0.503. The molecule has 0 aliphatic carbocycles. The molecule has 0 saturated heterocycles. The van der Waals surface area contributed by atoms with Crippen LogP contribution in [0, 0.1) is 10.1 Å². The lowest BCUT2D eigenvalue weighted by Gasteiger charge is -2.02. The maximum atomic E-state index is 10.4. The third-order valence-corrected chi connectivity index (χ3v) is 1.84. The Morgan fingerprint density at radius 3 is 2.47 bits per heavy atom. The molecular weight excluding hydrogens is 262 g/mol. The van der Waals surface area contributed by atoms with E-state index in [1.54, 1.807) is 6.07 Å². The van der Waals surface area contributed by atoms with Crippen molar-refractivity contribution >= 4 is 21.6 Å². The molecule has 0 spiro atoms. The van der Waals surface area contributed by atoms with Crippen molar-refractivity contribution in [1.29, 1.82) is 0 Å². The average Bonchev–Trinajstić information content (AvgIpc) is 2.20. The minimum Gasteiger partial charge on any atom is -0.494 e. The van der Waals surface area contributed by atoms with Crippen molar-refractivity contribution in [3.05, 3.63) is 32.8 Å². The molecule has 0 aromatic heterocycles. The van der Waals surface area contributed by atoms with Gasteiger partial charge in [0.05, 0.1) is 17.6 Å². The van der Waals surface area contributed by atoms with Crippen molar-refractivity contribution in [3.63, 3.8) is 0 Å². The number of rotatable bonds is 3. The Labute approximate surface area is 97.5 Å². The minimum atomic E-state index is -0.451. The molecule has 84 valence electrons. The van der Waals surface area contributed by atoms with Gasteiger partial charge in [-0.1, -0.05) is 29.8 Å². The SMILES string of the molecule is CC.CCOc1cc(Br)cc([N+](=O)[O-])c1. The van der Waals surface area contributed by atoms with Gasteiger partial charge in [0, 0.05) is 10.5 Å². The predicted octanol–water partition coefficient (Wildman–Crippen LogP) is 3.78. The van der Waals surface area contributed by atoms with Crippen LogP contribution in [0.5, 0.6) is 5.75 Å². The van der Waals surface area contributed by atoms with E-state index in [1.165, 1.54) is 12.1 Å². The largest absolute Gasteiger partial charge is 0.494 e. The summed E-state index contributed by atoms with van der Waals surface area (Å²) in [6.45, 7) is 6.32. The Hall–Kier alpha value is -1.10. The van der Waals surface area contributed by atoms with Crippen LogP contribution < -0.4 is 4.74 Å². The summed E-state index contributed by atoms with van der Waals surface area (Å²) in [6, 6.07) is 4.52. The van der Waals surface area contributed by atoms with Crippen molar-refractivity contribution in [1.82, 2.24) is 0 Å². The fourth-order valence-corrected chi connectivity index (χ4v) is 1.36. The zero-order valence-corrected chi connectivity index (χ0v) is 10.6. The van der Waals surface area contributed by atoms with E-state index < -0.39 is 4.92 Å². The van der Waals surface area contributed by atoms with Crippen LogP contribution in [-0.4, -0.2) is 11.5 Å². The second kappa shape index (κ2) is 7.23. The Morgan fingerprint density at radius 1 is 1.40 bits per heavy atom. The highest BCUT2D eigenvalue weighted by Gasteiger charge is 2.08. The van der Waals surface area contributed by atoms with Crippen LogP contribution in [0.1, 0.15) is 20.8 Å². The summed E-state index contributed by atoms with van der Waals surface area (Å²) in [6.07, 6.45) is 0. The molecule has 0 fully saturated rings. The van der Waals surface area contributed by atoms with Crippen LogP contribution in [0.15, 0.2) is 22.7 Å². The van der Waals surface area contributed by atoms with Gasteiger partial charge in [0.2, 0.25) is 0 Å². The van der Waals surface area contributed by atoms with E-state index in [1.807, 2.05) is 20.8 Å². The molecule has 0 saturated carbocycles. The van der Waals surface area contributed by atoms with Crippen LogP contribution in [0.25, 0.3) is 0 Å². The summed E-state index contributed by atoms with van der Waals surface area (Å²) in [5.41, 5.74) is 0.0258. The third-order valence-electron chi connectivity index (χ3n) is 1.38. The van der Waals surface area contributed by atoms with Gasteiger partial charge in [0.15, 0.2) is 0 Å². The second-order valence-electron chi connectivity index (χ2n) is 2.34. The van der Waals surface area contributed by atoms with Crippen LogP contribution >= 0.6 is 15.9 Å². The van der Waals surface area contributed by atoms with Crippen molar-refractivity contribution in [2.24, 2.45) is 0 Å². The zero-order chi connectivity index (χ0) is 11.8. The summed E-state index contributed by atoms with van der Waals surface area (Å²) < 4.78 is 5.79. The molecule has 0 aliphatic heterocycles. The average molecular weight is 276 g/mol. The Morgan fingerprint density at radius 2 is 2.00 bits per heavy atom. The number of nitro groups is 1. The van der Waals surface area contributed by atoms with Crippen LogP contribution in [0.3, 0.4) is 0 Å². The van der Waals surface area contributed by atoms with E-state index in [-0.39, 0.29) is 5.69 Å². The molecule has 1 aromatic carbocycles. The maximum Gasteiger partial charge on any atom is 0.274 e. The van der Waals surface area contributed by atoms with Gasteiger partial charge in [-0.3, -0.25) is 10.1 Å². The van der Waals surface area contributed by atoms with Crippen molar-refractivity contribution in [2.75, 3.05) is 6.61 Å². The lowest BCUT2D eigenvalue weighted by atomic mass is 10.3. The van der Waals surface area contributed by atoms with Gasteiger partial charge in [-0.25, -0.2) is 0 Å². The third kappa shape index (κ3) is 4.78. The molecule has 15 heavy (non-hydrogen) atoms. The number of benzene rings is 1. The molecular formula is C10H14BrNO3. The first-order chi connectivity index (χ1) is 7.13. The molecule has 0 heterocycles. The molecule has 1 rings (SSSR count). The highest BCUT2D eigenvalue weighted by molar-refractivity contribution is 9.10. The van der Waals surface area contributed by atoms with Gasteiger partial charge < -0.3 is 4.74 Å². The fraction of sp³-hybridized carbons (Fsp3) is 0.400. The molecule has 0 N–H and O–H groups in total. The normalized spacial score (nSPS) is 8.80. The zero-order valence-electron chi connectivity index (χ0n) is 8.99. The molecule has 0 atom stereocenters. The van der Waals surface area contributed by atoms with Gasteiger partial charge in [0.1, 0.15) is 5.75 Å². The van der Waals surface area contributed by atoms with Crippen LogP contribution in [-0.2, 0) is 0 Å². The van der Waals surface area contributed by atoms with Gasteiger partial charge >= 0.3 is 0 Å².